The van der Waals surface area contributed by atoms with Crippen molar-refractivity contribution < 1.29 is 5.11 Å². The quantitative estimate of drug-likeness (QED) is 0.550. The summed E-state index contributed by atoms with van der Waals surface area (Å²) in [5, 5.41) is 8.42. The Kier molecular flexibility index (Phi) is 7.92. The highest BCUT2D eigenvalue weighted by Gasteiger charge is 1.86. The largest absolute Gasteiger partial charge is 0.396 e. The van der Waals surface area contributed by atoms with E-state index >= 15 is 0 Å². The molecule has 0 rings (SSSR count). The van der Waals surface area contributed by atoms with Crippen LogP contribution in [0.5, 0.6) is 0 Å². The van der Waals surface area contributed by atoms with Crippen molar-refractivity contribution in [3.8, 4) is 0 Å². The highest BCUT2D eigenvalue weighted by Crippen LogP contribution is 2.03. The second-order valence-electron chi connectivity index (χ2n) is 2.49. The lowest BCUT2D eigenvalue weighted by Crippen LogP contribution is -1.82. The third-order valence-electron chi connectivity index (χ3n) is 1.51. The van der Waals surface area contributed by atoms with E-state index in [0.717, 1.165) is 6.42 Å². The van der Waals surface area contributed by atoms with Crippen LogP contribution < -0.4 is 0 Å². The fourth-order valence-corrected chi connectivity index (χ4v) is 0.892. The van der Waals surface area contributed by atoms with Crippen molar-refractivity contribution in [3.05, 3.63) is 0 Å². The molecule has 0 aliphatic rings. The Labute approximate surface area is 58.1 Å². The van der Waals surface area contributed by atoms with Crippen molar-refractivity contribution in [1.82, 2.24) is 0 Å². The fourth-order valence-electron chi connectivity index (χ4n) is 0.892. The van der Waals surface area contributed by atoms with E-state index in [4.69, 9.17) is 5.11 Å². The molecule has 0 saturated heterocycles. The van der Waals surface area contributed by atoms with E-state index in [2.05, 4.69) is 6.92 Å². The molecule has 0 aliphatic heterocycles. The van der Waals surface area contributed by atoms with Gasteiger partial charge in [-0.25, -0.2) is 0 Å². The SMILES string of the molecule is CCCCCCC[14CH2]O. The van der Waals surface area contributed by atoms with E-state index < -0.39 is 0 Å². The smallest absolute Gasteiger partial charge is 0.0431 e. The number of unbranched alkanes of at least 4 members (excludes halogenated alkanes) is 5. The van der Waals surface area contributed by atoms with E-state index in [0.29, 0.717) is 6.61 Å². The minimum atomic E-state index is 0.367. The average molecular weight is 132 g/mol. The van der Waals surface area contributed by atoms with Crippen molar-refractivity contribution in [2.24, 2.45) is 0 Å². The molecule has 1 heteroatoms. The molecule has 0 aliphatic carbocycles. The predicted molar refractivity (Wildman–Crippen MR) is 40.5 cm³/mol. The van der Waals surface area contributed by atoms with Crippen LogP contribution in [0, 0.1) is 0 Å². The number of aliphatic hydroxyl groups excluding tert-OH is 1. The maximum atomic E-state index is 8.42. The van der Waals surface area contributed by atoms with Crippen LogP contribution in [0.25, 0.3) is 0 Å². The molecule has 0 heterocycles. The summed E-state index contributed by atoms with van der Waals surface area (Å²) in [7, 11) is 0. The molecular formula is C8H18O. The molecule has 9 heavy (non-hydrogen) atoms. The molecule has 0 aromatic heterocycles. The molecule has 0 atom stereocenters. The Hall–Kier alpha value is -0.0400. The van der Waals surface area contributed by atoms with Gasteiger partial charge in [-0.15, -0.1) is 0 Å². The van der Waals surface area contributed by atoms with Gasteiger partial charge in [0.05, 0.1) is 0 Å². The number of hydrogen-bond donors (Lipinski definition) is 1. The zero-order valence-electron chi connectivity index (χ0n) is 6.40. The fraction of sp³-hybridized carbons (Fsp3) is 1.00. The van der Waals surface area contributed by atoms with Crippen molar-refractivity contribution in [2.75, 3.05) is 6.61 Å². The Morgan fingerprint density at radius 1 is 1.11 bits per heavy atom. The van der Waals surface area contributed by atoms with Crippen molar-refractivity contribution in [1.29, 1.82) is 0 Å². The summed E-state index contributed by atoms with van der Waals surface area (Å²) < 4.78 is 0. The van der Waals surface area contributed by atoms with Gasteiger partial charge in [0.1, 0.15) is 0 Å². The molecule has 56 valence electrons. The maximum absolute atomic E-state index is 8.42. The molecule has 0 unspecified atom stereocenters. The van der Waals surface area contributed by atoms with Crippen LogP contribution in [0.15, 0.2) is 0 Å². The molecule has 1 nitrogen and oxygen atoms in total. The standard InChI is InChI=1S/C8H18O/c1-2-3-4-5-6-7-8-9/h9H,2-8H2,1H3/i8+2. The first-order valence-electron chi connectivity index (χ1n) is 4.02. The first kappa shape index (κ1) is 8.96. The van der Waals surface area contributed by atoms with Gasteiger partial charge in [0, 0.05) is 6.61 Å². The Morgan fingerprint density at radius 2 is 1.78 bits per heavy atom. The molecule has 1 N–H and O–H groups in total. The molecule has 0 saturated carbocycles. The zero-order valence-corrected chi connectivity index (χ0v) is 6.40. The lowest BCUT2D eigenvalue weighted by Gasteiger charge is -1.95. The molecule has 0 spiro atoms. The summed E-state index contributed by atoms with van der Waals surface area (Å²) >= 11 is 0. The third-order valence-corrected chi connectivity index (χ3v) is 1.51. The summed E-state index contributed by atoms with van der Waals surface area (Å²) in [6.45, 7) is 2.58. The first-order valence-corrected chi connectivity index (χ1v) is 4.02. The number of rotatable bonds is 6. The van der Waals surface area contributed by atoms with E-state index in [-0.39, 0.29) is 0 Å². The number of aliphatic hydroxyl groups is 1. The van der Waals surface area contributed by atoms with Gasteiger partial charge >= 0.3 is 0 Å². The lowest BCUT2D eigenvalue weighted by atomic mass is 10.2. The summed E-state index contributed by atoms with van der Waals surface area (Å²) in [4.78, 5) is 0. The molecule has 0 radical (unpaired) electrons. The van der Waals surface area contributed by atoms with Crippen LogP contribution in [-0.4, -0.2) is 11.7 Å². The van der Waals surface area contributed by atoms with Gasteiger partial charge in [-0.05, 0) is 6.42 Å². The van der Waals surface area contributed by atoms with Crippen molar-refractivity contribution in [3.63, 3.8) is 0 Å². The van der Waals surface area contributed by atoms with Crippen LogP contribution in [0.3, 0.4) is 0 Å². The highest BCUT2D eigenvalue weighted by atomic mass is 16.5. The second-order valence-corrected chi connectivity index (χ2v) is 2.49. The van der Waals surface area contributed by atoms with Crippen molar-refractivity contribution in [2.45, 2.75) is 45.4 Å². The zero-order chi connectivity index (χ0) is 6.95. The van der Waals surface area contributed by atoms with Gasteiger partial charge in [0.2, 0.25) is 0 Å². The average Bonchev–Trinajstić information content (AvgIpc) is 1.89. The summed E-state index contributed by atoms with van der Waals surface area (Å²) in [6.07, 6.45) is 7.50. The van der Waals surface area contributed by atoms with Gasteiger partial charge < -0.3 is 5.11 Å². The van der Waals surface area contributed by atoms with Gasteiger partial charge in [-0.1, -0.05) is 39.0 Å². The lowest BCUT2D eigenvalue weighted by molar-refractivity contribution is 0.282. The van der Waals surface area contributed by atoms with E-state index in [9.17, 15) is 0 Å². The van der Waals surface area contributed by atoms with Crippen LogP contribution in [0.2, 0.25) is 0 Å². The molecule has 0 aromatic carbocycles. The van der Waals surface area contributed by atoms with Crippen molar-refractivity contribution >= 4 is 0 Å². The summed E-state index contributed by atoms with van der Waals surface area (Å²) in [6, 6.07) is 0. The topological polar surface area (TPSA) is 20.2 Å². The first-order chi connectivity index (χ1) is 4.41. The van der Waals surface area contributed by atoms with E-state index in [1.165, 1.54) is 32.1 Å². The minimum Gasteiger partial charge on any atom is -0.396 e. The van der Waals surface area contributed by atoms with Crippen LogP contribution in [0.1, 0.15) is 45.4 Å². The second kappa shape index (κ2) is 7.96. The maximum Gasteiger partial charge on any atom is 0.0431 e. The van der Waals surface area contributed by atoms with Gasteiger partial charge in [0.25, 0.3) is 0 Å². The summed E-state index contributed by atoms with van der Waals surface area (Å²) in [5.74, 6) is 0. The molecule has 0 fully saturated rings. The van der Waals surface area contributed by atoms with Gasteiger partial charge in [-0.3, -0.25) is 0 Å². The third kappa shape index (κ3) is 7.96. The van der Waals surface area contributed by atoms with E-state index in [1.807, 2.05) is 0 Å². The highest BCUT2D eigenvalue weighted by molar-refractivity contribution is 4.41. The van der Waals surface area contributed by atoms with E-state index in [1.54, 1.807) is 0 Å². The predicted octanol–water partition coefficient (Wildman–Crippen LogP) is 2.34. The molecular weight excluding hydrogens is 114 g/mol. The minimum absolute atomic E-state index is 0.367. The van der Waals surface area contributed by atoms with Crippen LogP contribution >= 0.6 is 0 Å². The monoisotopic (exact) mass is 132 g/mol. The molecule has 0 amide bonds. The molecule has 0 bridgehead atoms. The number of hydrogen-bond acceptors (Lipinski definition) is 1. The van der Waals surface area contributed by atoms with Gasteiger partial charge in [-0.2, -0.15) is 0 Å². The summed E-state index contributed by atoms with van der Waals surface area (Å²) in [5.41, 5.74) is 0. The Bertz CT molecular complexity index is 37.8. The Morgan fingerprint density at radius 3 is 2.33 bits per heavy atom. The normalized spacial score (nSPS) is 10.0. The van der Waals surface area contributed by atoms with Gasteiger partial charge in [0.15, 0.2) is 0 Å². The molecule has 0 aromatic rings. The van der Waals surface area contributed by atoms with Crippen LogP contribution in [-0.2, 0) is 0 Å². The van der Waals surface area contributed by atoms with Crippen LogP contribution in [0.4, 0.5) is 0 Å². The Balaban J connectivity index is 2.60.